The lowest BCUT2D eigenvalue weighted by Crippen LogP contribution is -2.21. The number of rotatable bonds is 4. The van der Waals surface area contributed by atoms with E-state index in [2.05, 4.69) is 9.97 Å². The molecule has 0 spiro atoms. The van der Waals surface area contributed by atoms with Gasteiger partial charge in [0.25, 0.3) is 0 Å². The minimum atomic E-state index is -2.33. The molecule has 2 aromatic rings. The van der Waals surface area contributed by atoms with Crippen LogP contribution in [-0.2, 0) is 12.9 Å². The Bertz CT molecular complexity index is 819. The van der Waals surface area contributed by atoms with Crippen LogP contribution in [0.3, 0.4) is 0 Å². The summed E-state index contributed by atoms with van der Waals surface area (Å²) in [6.07, 6.45) is -1.06. The fourth-order valence-electron chi connectivity index (χ4n) is 2.09. The van der Waals surface area contributed by atoms with Gasteiger partial charge in [0.05, 0.1) is 14.2 Å². The summed E-state index contributed by atoms with van der Waals surface area (Å²) in [4.78, 5) is 9.07. The van der Waals surface area contributed by atoms with Crippen LogP contribution in [0.2, 0.25) is 5.28 Å². The maximum atomic E-state index is 8.30. The predicted molar refractivity (Wildman–Crippen MR) is 81.3 cm³/mol. The van der Waals surface area contributed by atoms with E-state index < -0.39 is 12.9 Å². The van der Waals surface area contributed by atoms with Gasteiger partial charge in [-0.05, 0) is 30.1 Å². The Hall–Kier alpha value is -2.01. The molecule has 0 aliphatic carbocycles. The molecule has 0 unspecified atom stereocenters. The molecule has 21 heavy (non-hydrogen) atoms. The largest absolute Gasteiger partial charge is 0.497 e. The van der Waals surface area contributed by atoms with Crippen molar-refractivity contribution in [3.05, 3.63) is 40.8 Å². The first-order valence-electron chi connectivity index (χ1n) is 8.24. The summed E-state index contributed by atoms with van der Waals surface area (Å²) in [5, 5.41) is -0.0704. The molecule has 0 radical (unpaired) electrons. The number of nitrogens with zero attached hydrogens (tertiary/aromatic N) is 3. The van der Waals surface area contributed by atoms with E-state index >= 15 is 0 Å². The lowest BCUT2D eigenvalue weighted by molar-refractivity contribution is 0.391. The molecular weight excluding hydrogens is 290 g/mol. The average Bonchev–Trinajstić information content (AvgIpc) is 2.72. The molecule has 1 aromatic carbocycles. The normalized spacial score (nSPS) is 20.8. The highest BCUT2D eigenvalue weighted by Crippen LogP contribution is 2.31. The van der Waals surface area contributed by atoms with Gasteiger partial charge in [-0.2, -0.15) is 0 Å². The molecule has 110 valence electrons. The van der Waals surface area contributed by atoms with Crippen LogP contribution >= 0.6 is 11.6 Å². The first-order valence-corrected chi connectivity index (χ1v) is 6.61. The molecule has 0 fully saturated rings. The maximum absolute atomic E-state index is 8.30. The Morgan fingerprint density at radius 1 is 1.38 bits per heavy atom. The van der Waals surface area contributed by atoms with Crippen LogP contribution in [0, 0.1) is 0 Å². The van der Waals surface area contributed by atoms with Crippen LogP contribution < -0.4 is 14.4 Å². The highest BCUT2D eigenvalue weighted by atomic mass is 35.5. The molecule has 3 rings (SSSR count). The number of aromatic nitrogens is 2. The Labute approximate surface area is 134 Å². The van der Waals surface area contributed by atoms with Crippen molar-refractivity contribution < 1.29 is 15.0 Å². The van der Waals surface area contributed by atoms with Crippen LogP contribution in [0.5, 0.6) is 11.5 Å². The van der Waals surface area contributed by atoms with Crippen molar-refractivity contribution in [2.75, 3.05) is 25.6 Å². The molecule has 0 atom stereocenters. The lowest BCUT2D eigenvalue weighted by atomic mass is 10.2. The van der Waals surface area contributed by atoms with Crippen LogP contribution in [0.15, 0.2) is 24.4 Å². The highest BCUT2D eigenvalue weighted by molar-refractivity contribution is 6.28. The first-order chi connectivity index (χ1) is 11.7. The number of hydrogen-bond acceptors (Lipinski definition) is 5. The second-order valence-electron chi connectivity index (χ2n) is 4.38. The number of halogens is 1. The second kappa shape index (κ2) is 5.77. The summed E-state index contributed by atoms with van der Waals surface area (Å²) in [5.41, 5.74) is 0.722. The zero-order valence-corrected chi connectivity index (χ0v) is 12.3. The van der Waals surface area contributed by atoms with Crippen LogP contribution in [0.25, 0.3) is 0 Å². The predicted octanol–water partition coefficient (Wildman–Crippen LogP) is 2.71. The van der Waals surface area contributed by atoms with E-state index in [1.54, 1.807) is 18.2 Å². The van der Waals surface area contributed by atoms with Gasteiger partial charge < -0.3 is 14.4 Å². The van der Waals surface area contributed by atoms with Gasteiger partial charge in [0.1, 0.15) is 17.3 Å². The molecule has 6 heteroatoms. The van der Waals surface area contributed by atoms with Gasteiger partial charge in [-0.15, -0.1) is 0 Å². The fraction of sp³-hybridized carbons (Fsp3) is 0.333. The molecule has 0 saturated heterocycles. The number of benzene rings is 1. The molecule has 5 nitrogen and oxygen atoms in total. The van der Waals surface area contributed by atoms with E-state index in [1.807, 2.05) is 0 Å². The smallest absolute Gasteiger partial charge is 0.224 e. The fourth-order valence-corrected chi connectivity index (χ4v) is 2.22. The molecule has 1 aliphatic rings. The third-order valence-corrected chi connectivity index (χ3v) is 3.33. The first kappa shape index (κ1) is 9.84. The molecule has 0 N–H and O–H groups in total. The Morgan fingerprint density at radius 2 is 2.24 bits per heavy atom. The lowest BCUT2D eigenvalue weighted by Gasteiger charge is -2.20. The summed E-state index contributed by atoms with van der Waals surface area (Å²) in [6.45, 7) is -2.29. The number of methoxy groups -OCH3 is 2. The summed E-state index contributed by atoms with van der Waals surface area (Å²) in [6, 6.07) is 5.15. The number of hydrogen-bond donors (Lipinski definition) is 0. The Kier molecular flexibility index (Phi) is 2.71. The average molecular weight is 310 g/mol. The minimum Gasteiger partial charge on any atom is -0.497 e. The number of fused-ring (bicyclic) bond motifs is 1. The van der Waals surface area contributed by atoms with Crippen molar-refractivity contribution in [3.8, 4) is 11.5 Å². The van der Waals surface area contributed by atoms with Crippen molar-refractivity contribution in [1.82, 2.24) is 9.97 Å². The van der Waals surface area contributed by atoms with E-state index in [4.69, 9.17) is 26.6 Å². The van der Waals surface area contributed by atoms with Gasteiger partial charge in [0.2, 0.25) is 5.28 Å². The third-order valence-electron chi connectivity index (χ3n) is 3.14. The molecule has 2 heterocycles. The SMILES string of the molecule is [2H]C1([2H])c2cnc(Cl)nc2N(Cc2ccc(OC)cc2OC)C1([2H])[2H]. The quantitative estimate of drug-likeness (QED) is 0.813. The highest BCUT2D eigenvalue weighted by Gasteiger charge is 2.22. The van der Waals surface area contributed by atoms with Crippen molar-refractivity contribution in [2.24, 2.45) is 0 Å². The summed E-state index contributed by atoms with van der Waals surface area (Å²) in [5.74, 6) is 1.24. The zero-order chi connectivity index (χ0) is 18.4. The molecule has 0 saturated carbocycles. The van der Waals surface area contributed by atoms with Crippen molar-refractivity contribution in [1.29, 1.82) is 0 Å². The summed E-state index contributed by atoms with van der Waals surface area (Å²) >= 11 is 5.84. The van der Waals surface area contributed by atoms with E-state index in [9.17, 15) is 0 Å². The van der Waals surface area contributed by atoms with E-state index in [1.165, 1.54) is 25.3 Å². The third kappa shape index (κ3) is 2.74. The van der Waals surface area contributed by atoms with Crippen molar-refractivity contribution in [2.45, 2.75) is 12.9 Å². The van der Waals surface area contributed by atoms with Gasteiger partial charge in [-0.3, -0.25) is 0 Å². The van der Waals surface area contributed by atoms with E-state index in [0.717, 1.165) is 0 Å². The topological polar surface area (TPSA) is 47.5 Å². The molecule has 0 amide bonds. The van der Waals surface area contributed by atoms with Crippen LogP contribution in [-0.4, -0.2) is 30.7 Å². The Balaban J connectivity index is 2.07. The summed E-state index contributed by atoms with van der Waals surface area (Å²) < 4.78 is 43.5. The van der Waals surface area contributed by atoms with Gasteiger partial charge >= 0.3 is 0 Å². The second-order valence-corrected chi connectivity index (χ2v) is 4.72. The van der Waals surface area contributed by atoms with Crippen molar-refractivity contribution >= 4 is 17.4 Å². The van der Waals surface area contributed by atoms with Gasteiger partial charge in [0.15, 0.2) is 0 Å². The summed E-state index contributed by atoms with van der Waals surface area (Å²) in [7, 11) is 3.04. The van der Waals surface area contributed by atoms with E-state index in [0.29, 0.717) is 17.1 Å². The van der Waals surface area contributed by atoms with Crippen LogP contribution in [0.4, 0.5) is 5.82 Å². The van der Waals surface area contributed by atoms with Crippen molar-refractivity contribution in [3.63, 3.8) is 0 Å². The Morgan fingerprint density at radius 3 is 3.00 bits per heavy atom. The maximum Gasteiger partial charge on any atom is 0.224 e. The number of anilines is 1. The van der Waals surface area contributed by atoms with Gasteiger partial charge in [-0.1, -0.05) is 0 Å². The number of aryl methyl sites for hydroxylation is 1. The minimum absolute atomic E-state index is 0.0417. The molecular formula is C15H16ClN3O2. The van der Waals surface area contributed by atoms with Gasteiger partial charge in [0, 0.05) is 41.9 Å². The van der Waals surface area contributed by atoms with E-state index in [-0.39, 0.29) is 23.2 Å². The zero-order valence-electron chi connectivity index (χ0n) is 15.6. The monoisotopic (exact) mass is 309 g/mol. The van der Waals surface area contributed by atoms with Crippen LogP contribution in [0.1, 0.15) is 16.6 Å². The molecule has 0 bridgehead atoms. The standard InChI is InChI=1S/C15H16ClN3O2/c1-20-12-4-3-11(13(7-12)21-2)9-19-6-5-10-8-17-15(16)18-14(10)19/h3-4,7-8H,5-6,9H2,1-2H3/i5D2,6D2. The van der Waals surface area contributed by atoms with Gasteiger partial charge in [-0.25, -0.2) is 9.97 Å². The number of ether oxygens (including phenoxy) is 2. The molecule has 1 aliphatic heterocycles. The molecule has 1 aromatic heterocycles.